The number of aromatic amines is 1. The van der Waals surface area contributed by atoms with Crippen molar-refractivity contribution in [2.24, 2.45) is 5.41 Å². The average Bonchev–Trinajstić information content (AvgIpc) is 4.09. The van der Waals surface area contributed by atoms with Crippen molar-refractivity contribution >= 4 is 61.7 Å². The van der Waals surface area contributed by atoms with Crippen LogP contribution in [0.5, 0.6) is 0 Å². The maximum Gasteiger partial charge on any atom is 0.480 e. The van der Waals surface area contributed by atoms with E-state index >= 15 is 0 Å². The van der Waals surface area contributed by atoms with Gasteiger partial charge in [-0.2, -0.15) is 4.31 Å². The van der Waals surface area contributed by atoms with Crippen LogP contribution < -0.4 is 31.6 Å². The van der Waals surface area contributed by atoms with Gasteiger partial charge in [-0.15, -0.1) is 11.3 Å². The van der Waals surface area contributed by atoms with Gasteiger partial charge in [-0.1, -0.05) is 68.6 Å². The molecule has 9 atom stereocenters. The van der Waals surface area contributed by atoms with Crippen molar-refractivity contribution < 1.29 is 71.1 Å². The van der Waals surface area contributed by atoms with E-state index in [0.29, 0.717) is 12.0 Å². The quantitative estimate of drug-likeness (QED) is 0.0285. The first-order chi connectivity index (χ1) is 34.4. The number of β-amino-alcohol motifs (C(OH)–C–C–N with tert-alkyl or cyclic N) is 1. The summed E-state index contributed by atoms with van der Waals surface area (Å²) >= 11 is 1.53. The Morgan fingerprint density at radius 2 is 1.74 bits per heavy atom. The maximum absolute atomic E-state index is 14.0. The number of aliphatic hydroxyl groups excluding tert-OH is 3. The first-order valence-electron chi connectivity index (χ1n) is 23.3. The molecule has 5 aromatic rings. The minimum absolute atomic E-state index is 0.0116. The molecule has 0 bridgehead atoms. The number of H-pyrrole nitrogens is 1. The van der Waals surface area contributed by atoms with Crippen molar-refractivity contribution in [3.63, 3.8) is 0 Å². The molecular weight excluding hydrogens is 1020 g/mol. The molecule has 0 spiro atoms. The second-order valence-electron chi connectivity index (χ2n) is 19.0. The molecule has 3 aromatic heterocycles. The first-order valence-corrected chi connectivity index (χ1v) is 27.2. The van der Waals surface area contributed by atoms with Crippen molar-refractivity contribution in [3.8, 4) is 10.4 Å². The third-order valence-corrected chi connectivity index (χ3v) is 16.1. The summed E-state index contributed by atoms with van der Waals surface area (Å²) in [7, 11) is -10.3. The number of phosphoric ester groups is 1. The van der Waals surface area contributed by atoms with Gasteiger partial charge in [0.15, 0.2) is 6.33 Å². The van der Waals surface area contributed by atoms with E-state index in [2.05, 4.69) is 35.0 Å². The summed E-state index contributed by atoms with van der Waals surface area (Å²) in [5, 5.41) is 40.2. The van der Waals surface area contributed by atoms with E-state index in [1.54, 1.807) is 26.3 Å². The van der Waals surface area contributed by atoms with Crippen LogP contribution in [0.4, 0.5) is 10.3 Å². The molecule has 396 valence electrons. The number of likely N-dealkylation sites (tertiary alicyclic amines) is 1. The zero-order chi connectivity index (χ0) is 53.0. The predicted octanol–water partition coefficient (Wildman–Crippen LogP) is 2.03. The summed E-state index contributed by atoms with van der Waals surface area (Å²) in [4.78, 5) is 87.5. The zero-order valence-corrected chi connectivity index (χ0v) is 42.9. The van der Waals surface area contributed by atoms with E-state index in [0.717, 1.165) is 21.7 Å². The summed E-state index contributed by atoms with van der Waals surface area (Å²) in [6.07, 6.45) is -5.24. The molecule has 5 heterocycles. The fourth-order valence-corrected chi connectivity index (χ4v) is 11.7. The number of thiazole rings is 1. The number of hydrogen-bond donors (Lipinski definition) is 10. The number of aromatic nitrogens is 5. The van der Waals surface area contributed by atoms with Gasteiger partial charge in [-0.05, 0) is 54.0 Å². The van der Waals surface area contributed by atoms with E-state index in [4.69, 9.17) is 15.0 Å². The van der Waals surface area contributed by atoms with E-state index in [9.17, 15) is 57.8 Å². The van der Waals surface area contributed by atoms with Crippen LogP contribution in [0.3, 0.4) is 0 Å². The molecular formula is C45H60FN10O14P2S+. The van der Waals surface area contributed by atoms with Crippen LogP contribution in [0.1, 0.15) is 75.9 Å². The highest BCUT2D eigenvalue weighted by Crippen LogP contribution is 2.58. The number of nitrogen functional groups attached to an aromatic ring is 1. The molecule has 3 amide bonds. The molecule has 2 fully saturated rings. The summed E-state index contributed by atoms with van der Waals surface area (Å²) in [6.45, 7) is 6.24. The highest BCUT2D eigenvalue weighted by Gasteiger charge is 2.49. The van der Waals surface area contributed by atoms with E-state index < -0.39 is 99.4 Å². The number of imidazole rings is 1. The largest absolute Gasteiger partial charge is 0.480 e. The second kappa shape index (κ2) is 23.1. The van der Waals surface area contributed by atoms with Gasteiger partial charge in [0.1, 0.15) is 36.2 Å². The number of benzene rings is 2. The van der Waals surface area contributed by atoms with E-state index in [1.165, 1.54) is 56.0 Å². The highest BCUT2D eigenvalue weighted by atomic mass is 32.1. The van der Waals surface area contributed by atoms with Gasteiger partial charge in [0.2, 0.25) is 29.5 Å². The number of hydrogen-bond acceptors (Lipinski definition) is 16. The molecule has 73 heavy (non-hydrogen) atoms. The predicted molar refractivity (Wildman–Crippen MR) is 261 cm³/mol. The third kappa shape index (κ3) is 13.9. The molecule has 28 heteroatoms. The number of carbonyl (C=O) groups is 3. The number of nitrogens with zero attached hydrogens (tertiary/aromatic N) is 5. The lowest BCUT2D eigenvalue weighted by Gasteiger charge is -2.35. The van der Waals surface area contributed by atoms with Crippen molar-refractivity contribution in [2.45, 2.75) is 116 Å². The molecule has 0 aliphatic carbocycles. The van der Waals surface area contributed by atoms with Crippen LogP contribution in [-0.2, 0) is 50.2 Å². The van der Waals surface area contributed by atoms with Crippen molar-refractivity contribution in [1.29, 1.82) is 0 Å². The minimum atomic E-state index is -5.33. The Labute approximate surface area is 421 Å². The average molecular weight is 1080 g/mol. The van der Waals surface area contributed by atoms with Gasteiger partial charge in [-0.3, -0.25) is 33.3 Å². The van der Waals surface area contributed by atoms with Crippen LogP contribution in [-0.4, -0.2) is 123 Å². The number of halogens is 1. The summed E-state index contributed by atoms with van der Waals surface area (Å²) in [5.74, 6) is -2.18. The zero-order valence-electron chi connectivity index (χ0n) is 40.3. The molecule has 2 aliphatic heterocycles. The van der Waals surface area contributed by atoms with Gasteiger partial charge < -0.3 is 51.1 Å². The van der Waals surface area contributed by atoms with Gasteiger partial charge in [0.05, 0.1) is 35.3 Å². The van der Waals surface area contributed by atoms with Crippen molar-refractivity contribution in [3.05, 3.63) is 93.4 Å². The van der Waals surface area contributed by atoms with Gasteiger partial charge in [0.25, 0.3) is 11.5 Å². The fraction of sp³-hybridized carbons (Fsp3) is 0.489. The smallest absolute Gasteiger partial charge is 0.391 e. The van der Waals surface area contributed by atoms with Crippen LogP contribution in [0, 0.1) is 18.2 Å². The van der Waals surface area contributed by atoms with Gasteiger partial charge >= 0.3 is 21.2 Å². The monoisotopic (exact) mass is 1080 g/mol. The van der Waals surface area contributed by atoms with Crippen LogP contribution in [0.15, 0.2) is 65.2 Å². The third-order valence-electron chi connectivity index (χ3n) is 12.3. The number of unbranched alkanes of at least 4 members (excludes halogenated alkanes) is 2. The number of ether oxygens (including phenoxy) is 1. The Hall–Kier alpha value is -5.34. The standard InChI is InChI=1S/C45H59FN10O14P2S/c1-25-37(73-23-49-25)28-13-9-26(10-14-28)19-48-40(61)31-18-30(57)21-55(31)42(63)38(45(2,3)4)51-33(58)8-6-5-7-17-50-71(64,65)70-72(66,67)68-22-32-35(59)36(60)43(69-32)56-24-54(20-27-11-15-29(46)16-12-27)34-39(56)52-44(47)53-41(34)62/h9-16,23-24,30-32,35-36,38,43,57,59-60H,5-8,17-22H2,1-4H3,(H7-,47,48,50,51,52,53,58,61,62,64,65,66,67)/p+1/t30-,31?,32+,35+,36+,38+,43+/m0/s1. The number of fused-ring (bicyclic) bond motifs is 1. The number of nitrogens with one attached hydrogen (secondary N) is 4. The Morgan fingerprint density at radius 3 is 2.41 bits per heavy atom. The highest BCUT2D eigenvalue weighted by molar-refractivity contribution is 7.62. The number of anilines is 1. The molecule has 2 saturated heterocycles. The van der Waals surface area contributed by atoms with Crippen LogP contribution in [0.25, 0.3) is 21.6 Å². The Bertz CT molecular complexity index is 2940. The van der Waals surface area contributed by atoms with Crippen LogP contribution >= 0.6 is 26.9 Å². The number of carbonyl (C=O) groups excluding carboxylic acids is 3. The number of aryl methyl sites for hydroxylation is 1. The summed E-state index contributed by atoms with van der Waals surface area (Å²) < 4.78 is 57.0. The molecule has 3 unspecified atom stereocenters. The van der Waals surface area contributed by atoms with Gasteiger partial charge in [0, 0.05) is 32.5 Å². The molecule has 2 aliphatic rings. The number of nitrogens with two attached hydrogens (primary N) is 1. The lowest BCUT2D eigenvalue weighted by atomic mass is 9.85. The Morgan fingerprint density at radius 1 is 1.04 bits per heavy atom. The summed E-state index contributed by atoms with van der Waals surface area (Å²) in [6, 6.07) is 11.1. The molecule has 0 saturated carbocycles. The van der Waals surface area contributed by atoms with E-state index in [1.807, 2.05) is 31.2 Å². The normalized spacial score (nSPS) is 22.2. The molecule has 7 rings (SSSR count). The minimum Gasteiger partial charge on any atom is -0.391 e. The van der Waals surface area contributed by atoms with Crippen LogP contribution in [0.2, 0.25) is 0 Å². The number of amides is 3. The molecule has 0 radical (unpaired) electrons. The van der Waals surface area contributed by atoms with Gasteiger partial charge in [-0.25, -0.2) is 28.2 Å². The van der Waals surface area contributed by atoms with Crippen molar-refractivity contribution in [1.82, 2.24) is 40.1 Å². The topological polar surface area (TPSA) is 347 Å². The Balaban J connectivity index is 0.845. The number of rotatable bonds is 21. The SMILES string of the molecule is Cc1ncsc1-c1ccc(CNC(=O)C2C[C@H](O)CN2C(=O)[C@@H](NC(=O)CCCCCNP(=O)(O)OP(=O)(O)OC[C@H]2O[C@@H]([n+]3cn(Cc4ccc(F)cc4)c4c(=O)[nH]c(N)nc43)[C@H](O)[C@@H]2O)C(C)(C)C)cc1. The lowest BCUT2D eigenvalue weighted by Crippen LogP contribution is -2.57. The fourth-order valence-electron chi connectivity index (χ4n) is 8.54. The Kier molecular flexibility index (Phi) is 17.5. The molecule has 24 nitrogen and oxygen atoms in total. The second-order valence-corrected chi connectivity index (χ2v) is 23.0. The summed E-state index contributed by atoms with van der Waals surface area (Å²) in [5.41, 5.74) is 9.41. The van der Waals surface area contributed by atoms with Crippen molar-refractivity contribution in [2.75, 3.05) is 25.4 Å². The van der Waals surface area contributed by atoms with E-state index in [-0.39, 0.29) is 69.0 Å². The molecule has 2 aromatic carbocycles. The number of phosphoric acid groups is 1. The first kappa shape index (κ1) is 55.4. The molecule has 11 N–H and O–H groups in total. The maximum atomic E-state index is 14.0. The lowest BCUT2D eigenvalue weighted by molar-refractivity contribution is -0.745. The number of aliphatic hydroxyl groups is 3.